The van der Waals surface area contributed by atoms with Crippen molar-refractivity contribution in [1.82, 2.24) is 4.90 Å². The molecular weight excluding hydrogens is 182 g/mol. The number of carbonyl (C=O) groups excluding carboxylic acids is 1. The number of hydrogen-bond acceptors (Lipinski definition) is 2. The first-order valence-corrected chi connectivity index (χ1v) is 5.04. The first-order valence-electron chi connectivity index (χ1n) is 5.04. The van der Waals surface area contributed by atoms with Crippen LogP contribution in [0, 0.1) is 0 Å². The second-order valence-corrected chi connectivity index (χ2v) is 3.42. The maximum absolute atomic E-state index is 11.5. The summed E-state index contributed by atoms with van der Waals surface area (Å²) in [5.74, 6) is -1.01. The van der Waals surface area contributed by atoms with Gasteiger partial charge in [0.15, 0.2) is 0 Å². The topological polar surface area (TPSA) is 57.6 Å². The van der Waals surface area contributed by atoms with E-state index < -0.39 is 5.97 Å². The molecule has 0 fully saturated rings. The van der Waals surface area contributed by atoms with Gasteiger partial charge in [-0.15, -0.1) is 0 Å². The summed E-state index contributed by atoms with van der Waals surface area (Å²) >= 11 is 0. The van der Waals surface area contributed by atoms with Gasteiger partial charge in [-0.1, -0.05) is 13.8 Å². The van der Waals surface area contributed by atoms with Gasteiger partial charge >= 0.3 is 5.97 Å². The molecule has 0 unspecified atom stereocenters. The normalized spacial score (nSPS) is 12.2. The summed E-state index contributed by atoms with van der Waals surface area (Å²) < 4.78 is 0. The number of carboxylic acid groups (broad SMARTS) is 1. The van der Waals surface area contributed by atoms with E-state index in [1.807, 2.05) is 20.8 Å². The van der Waals surface area contributed by atoms with Gasteiger partial charge in [0, 0.05) is 12.5 Å². The first-order chi connectivity index (χ1) is 6.52. The molecule has 0 radical (unpaired) electrons. The highest BCUT2D eigenvalue weighted by molar-refractivity contribution is 5.81. The molecule has 0 aliphatic carbocycles. The molecule has 0 rings (SSSR count). The lowest BCUT2D eigenvalue weighted by atomic mass is 10.2. The van der Waals surface area contributed by atoms with Crippen LogP contribution in [0.4, 0.5) is 0 Å². The third-order valence-corrected chi connectivity index (χ3v) is 2.21. The van der Waals surface area contributed by atoms with Crippen LogP contribution >= 0.6 is 0 Å². The summed E-state index contributed by atoms with van der Waals surface area (Å²) in [6, 6.07) is 0.00477. The van der Waals surface area contributed by atoms with Crippen molar-refractivity contribution in [2.75, 3.05) is 6.54 Å². The van der Waals surface area contributed by atoms with Crippen LogP contribution < -0.4 is 0 Å². The van der Waals surface area contributed by atoms with Gasteiger partial charge in [-0.2, -0.15) is 0 Å². The van der Waals surface area contributed by atoms with Gasteiger partial charge in [0.25, 0.3) is 0 Å². The fourth-order valence-corrected chi connectivity index (χ4v) is 1.21. The summed E-state index contributed by atoms with van der Waals surface area (Å²) in [5, 5.41) is 8.65. The van der Waals surface area contributed by atoms with E-state index in [9.17, 15) is 9.59 Å². The molecular formula is C10H19NO3. The molecule has 0 aromatic heterocycles. The highest BCUT2D eigenvalue weighted by Crippen LogP contribution is 2.06. The van der Waals surface area contributed by atoms with Crippen molar-refractivity contribution >= 4 is 11.9 Å². The summed E-state index contributed by atoms with van der Waals surface area (Å²) in [4.78, 5) is 23.5. The average Bonchev–Trinajstić information content (AvgIpc) is 2.13. The highest BCUT2D eigenvalue weighted by Gasteiger charge is 2.20. The predicted molar refractivity (Wildman–Crippen MR) is 54.0 cm³/mol. The van der Waals surface area contributed by atoms with Crippen LogP contribution in [0.2, 0.25) is 0 Å². The Kier molecular flexibility index (Phi) is 5.92. The van der Waals surface area contributed by atoms with Gasteiger partial charge in [0.05, 0.1) is 0 Å². The maximum atomic E-state index is 11.5. The number of amides is 1. The second kappa shape index (κ2) is 6.40. The molecule has 14 heavy (non-hydrogen) atoms. The Morgan fingerprint density at radius 2 is 1.93 bits per heavy atom. The summed E-state index contributed by atoms with van der Waals surface area (Å²) in [5.41, 5.74) is 0. The number of aliphatic carboxylic acids is 1. The largest absolute Gasteiger partial charge is 0.480 e. The van der Waals surface area contributed by atoms with Crippen molar-refractivity contribution in [1.29, 1.82) is 0 Å². The molecule has 0 saturated heterocycles. The van der Waals surface area contributed by atoms with E-state index in [2.05, 4.69) is 0 Å². The standard InChI is InChI=1S/C10H19NO3/c1-4-6-9(12)11(7-10(13)14)8(3)5-2/h8H,4-7H2,1-3H3,(H,13,14)/t8-/m0/s1. The molecule has 82 valence electrons. The van der Waals surface area contributed by atoms with Crippen LogP contribution in [0.15, 0.2) is 0 Å². The second-order valence-electron chi connectivity index (χ2n) is 3.42. The van der Waals surface area contributed by atoms with Crippen LogP contribution in [-0.2, 0) is 9.59 Å². The molecule has 0 spiro atoms. The van der Waals surface area contributed by atoms with E-state index in [0.29, 0.717) is 6.42 Å². The Morgan fingerprint density at radius 3 is 2.29 bits per heavy atom. The quantitative estimate of drug-likeness (QED) is 0.708. The molecule has 1 N–H and O–H groups in total. The average molecular weight is 201 g/mol. The van der Waals surface area contributed by atoms with E-state index in [0.717, 1.165) is 12.8 Å². The molecule has 4 nitrogen and oxygen atoms in total. The Hall–Kier alpha value is -1.06. The van der Waals surface area contributed by atoms with Crippen molar-refractivity contribution in [2.24, 2.45) is 0 Å². The van der Waals surface area contributed by atoms with Gasteiger partial charge in [0.2, 0.25) is 5.91 Å². The fraction of sp³-hybridized carbons (Fsp3) is 0.800. The minimum Gasteiger partial charge on any atom is -0.480 e. The number of nitrogens with zero attached hydrogens (tertiary/aromatic N) is 1. The smallest absolute Gasteiger partial charge is 0.323 e. The zero-order chi connectivity index (χ0) is 11.1. The van der Waals surface area contributed by atoms with Gasteiger partial charge < -0.3 is 10.0 Å². The number of hydrogen-bond donors (Lipinski definition) is 1. The molecule has 0 aliphatic heterocycles. The highest BCUT2D eigenvalue weighted by atomic mass is 16.4. The summed E-state index contributed by atoms with van der Waals surface area (Å²) in [6.45, 7) is 5.54. The van der Waals surface area contributed by atoms with E-state index in [4.69, 9.17) is 5.11 Å². The Bertz CT molecular complexity index is 204. The first kappa shape index (κ1) is 12.9. The van der Waals surface area contributed by atoms with Crippen molar-refractivity contribution < 1.29 is 14.7 Å². The van der Waals surface area contributed by atoms with Gasteiger partial charge in [-0.25, -0.2) is 0 Å². The zero-order valence-corrected chi connectivity index (χ0v) is 9.12. The third kappa shape index (κ3) is 4.25. The van der Waals surface area contributed by atoms with Crippen LogP contribution in [-0.4, -0.2) is 34.5 Å². The molecule has 0 heterocycles. The van der Waals surface area contributed by atoms with E-state index >= 15 is 0 Å². The lowest BCUT2D eigenvalue weighted by Gasteiger charge is -2.26. The molecule has 1 atom stereocenters. The minimum absolute atomic E-state index is 0.00477. The molecule has 1 amide bonds. The maximum Gasteiger partial charge on any atom is 0.323 e. The van der Waals surface area contributed by atoms with Crippen LogP contribution in [0.3, 0.4) is 0 Å². The Balaban J connectivity index is 4.37. The van der Waals surface area contributed by atoms with Gasteiger partial charge in [0.1, 0.15) is 6.54 Å². The van der Waals surface area contributed by atoms with E-state index in [-0.39, 0.29) is 18.5 Å². The molecule has 0 aromatic rings. The Labute approximate surface area is 84.9 Å². The van der Waals surface area contributed by atoms with Crippen LogP contribution in [0.1, 0.15) is 40.0 Å². The molecule has 4 heteroatoms. The molecule has 0 saturated carbocycles. The molecule has 0 aromatic carbocycles. The predicted octanol–water partition coefficient (Wildman–Crippen LogP) is 1.50. The fourth-order valence-electron chi connectivity index (χ4n) is 1.21. The Morgan fingerprint density at radius 1 is 1.36 bits per heavy atom. The lowest BCUT2D eigenvalue weighted by molar-refractivity contribution is -0.146. The van der Waals surface area contributed by atoms with Crippen molar-refractivity contribution in [3.63, 3.8) is 0 Å². The molecule has 0 aliphatic rings. The summed E-state index contributed by atoms with van der Waals surface area (Å²) in [6.07, 6.45) is 1.96. The van der Waals surface area contributed by atoms with Crippen LogP contribution in [0.25, 0.3) is 0 Å². The van der Waals surface area contributed by atoms with Gasteiger partial charge in [-0.05, 0) is 19.8 Å². The zero-order valence-electron chi connectivity index (χ0n) is 9.12. The SMILES string of the molecule is CCCC(=O)N(CC(=O)O)[C@@H](C)CC. The molecule has 0 bridgehead atoms. The minimum atomic E-state index is -0.949. The lowest BCUT2D eigenvalue weighted by Crippen LogP contribution is -2.41. The van der Waals surface area contributed by atoms with E-state index in [1.165, 1.54) is 4.90 Å². The van der Waals surface area contributed by atoms with Crippen LogP contribution in [0.5, 0.6) is 0 Å². The van der Waals surface area contributed by atoms with Crippen molar-refractivity contribution in [3.8, 4) is 0 Å². The number of rotatable bonds is 6. The monoisotopic (exact) mass is 201 g/mol. The van der Waals surface area contributed by atoms with Crippen molar-refractivity contribution in [3.05, 3.63) is 0 Å². The number of carboxylic acids is 1. The number of carbonyl (C=O) groups is 2. The van der Waals surface area contributed by atoms with Crippen molar-refractivity contribution in [2.45, 2.75) is 46.1 Å². The van der Waals surface area contributed by atoms with E-state index in [1.54, 1.807) is 0 Å². The summed E-state index contributed by atoms with van der Waals surface area (Å²) in [7, 11) is 0. The van der Waals surface area contributed by atoms with Gasteiger partial charge in [-0.3, -0.25) is 9.59 Å². The third-order valence-electron chi connectivity index (χ3n) is 2.21.